The average Bonchev–Trinajstić information content (AvgIpc) is 2.48. The third-order valence-corrected chi connectivity index (χ3v) is 4.56. The van der Waals surface area contributed by atoms with Crippen LogP contribution in [0.15, 0.2) is 18.2 Å². The van der Waals surface area contributed by atoms with Gasteiger partial charge in [-0.1, -0.05) is 25.3 Å². The Morgan fingerprint density at radius 3 is 2.71 bits per heavy atom. The van der Waals surface area contributed by atoms with Gasteiger partial charge in [-0.2, -0.15) is 4.39 Å². The summed E-state index contributed by atoms with van der Waals surface area (Å²) < 4.78 is 13.3. The van der Waals surface area contributed by atoms with Gasteiger partial charge >= 0.3 is 5.69 Å². The molecule has 0 bridgehead atoms. The van der Waals surface area contributed by atoms with Gasteiger partial charge in [0.15, 0.2) is 0 Å². The summed E-state index contributed by atoms with van der Waals surface area (Å²) in [5.74, 6) is -0.826. The minimum atomic E-state index is -0.826. The summed E-state index contributed by atoms with van der Waals surface area (Å²) in [5, 5.41) is 10.4. The van der Waals surface area contributed by atoms with E-state index in [-0.39, 0.29) is 5.38 Å². The summed E-state index contributed by atoms with van der Waals surface area (Å²) in [5.41, 5.74) is 0.0749. The molecule has 1 aromatic carbocycles. The Labute approximate surface area is 129 Å². The van der Waals surface area contributed by atoms with Crippen molar-refractivity contribution in [2.24, 2.45) is 0 Å². The zero-order valence-electron chi connectivity index (χ0n) is 12.1. The standard InChI is InChI=1S/C15H20ClFN2O2/c1-18(12-5-3-2-4-6-12)10-13(16)11-7-8-14(17)15(9-11)19(20)21/h7-9,12-13H,2-6,10H2,1H3. The molecule has 1 atom stereocenters. The van der Waals surface area contributed by atoms with Crippen molar-refractivity contribution in [3.63, 3.8) is 0 Å². The van der Waals surface area contributed by atoms with E-state index in [1.54, 1.807) is 0 Å². The summed E-state index contributed by atoms with van der Waals surface area (Å²) in [6.07, 6.45) is 6.11. The Morgan fingerprint density at radius 2 is 2.10 bits per heavy atom. The van der Waals surface area contributed by atoms with E-state index in [1.165, 1.54) is 44.2 Å². The van der Waals surface area contributed by atoms with Crippen LogP contribution in [0.1, 0.15) is 43.0 Å². The Hall–Kier alpha value is -1.20. The molecule has 116 valence electrons. The van der Waals surface area contributed by atoms with Gasteiger partial charge in [0.25, 0.3) is 0 Å². The van der Waals surface area contributed by atoms with Crippen LogP contribution in [0.4, 0.5) is 10.1 Å². The van der Waals surface area contributed by atoms with Crippen molar-refractivity contribution >= 4 is 17.3 Å². The fourth-order valence-electron chi connectivity index (χ4n) is 2.89. The van der Waals surface area contributed by atoms with E-state index < -0.39 is 16.4 Å². The third kappa shape index (κ3) is 4.14. The minimum Gasteiger partial charge on any atom is -0.302 e. The number of rotatable bonds is 5. The quantitative estimate of drug-likeness (QED) is 0.463. The highest BCUT2D eigenvalue weighted by atomic mass is 35.5. The molecule has 1 unspecified atom stereocenters. The summed E-state index contributed by atoms with van der Waals surface area (Å²) in [7, 11) is 2.03. The number of hydrogen-bond acceptors (Lipinski definition) is 3. The number of halogens is 2. The van der Waals surface area contributed by atoms with Gasteiger partial charge in [-0.25, -0.2) is 0 Å². The van der Waals surface area contributed by atoms with Gasteiger partial charge in [0.2, 0.25) is 5.82 Å². The van der Waals surface area contributed by atoms with Crippen LogP contribution >= 0.6 is 11.6 Å². The van der Waals surface area contributed by atoms with Crippen LogP contribution in [0.2, 0.25) is 0 Å². The van der Waals surface area contributed by atoms with E-state index in [1.807, 2.05) is 7.05 Å². The first kappa shape index (κ1) is 16.2. The van der Waals surface area contributed by atoms with Crippen LogP contribution in [0, 0.1) is 15.9 Å². The lowest BCUT2D eigenvalue weighted by molar-refractivity contribution is -0.387. The fourth-order valence-corrected chi connectivity index (χ4v) is 3.25. The first-order valence-electron chi connectivity index (χ1n) is 7.27. The fraction of sp³-hybridized carbons (Fsp3) is 0.600. The van der Waals surface area contributed by atoms with Crippen LogP contribution in [0.25, 0.3) is 0 Å². The maximum atomic E-state index is 13.3. The lowest BCUT2D eigenvalue weighted by atomic mass is 9.94. The lowest BCUT2D eigenvalue weighted by Gasteiger charge is -2.32. The zero-order chi connectivity index (χ0) is 15.4. The number of nitro groups is 1. The van der Waals surface area contributed by atoms with Gasteiger partial charge in [-0.3, -0.25) is 10.1 Å². The Balaban J connectivity index is 2.04. The number of nitrogens with zero attached hydrogens (tertiary/aromatic N) is 2. The molecule has 1 aliphatic rings. The maximum absolute atomic E-state index is 13.3. The van der Waals surface area contributed by atoms with E-state index in [0.717, 1.165) is 6.07 Å². The van der Waals surface area contributed by atoms with E-state index in [2.05, 4.69) is 4.90 Å². The van der Waals surface area contributed by atoms with Gasteiger partial charge < -0.3 is 4.90 Å². The molecule has 0 heterocycles. The molecular formula is C15H20ClFN2O2. The highest BCUT2D eigenvalue weighted by Gasteiger charge is 2.23. The van der Waals surface area contributed by atoms with Crippen molar-refractivity contribution in [3.8, 4) is 0 Å². The average molecular weight is 315 g/mol. The largest absolute Gasteiger partial charge is 0.305 e. The minimum absolute atomic E-state index is 0.378. The van der Waals surface area contributed by atoms with Crippen LogP contribution in [-0.4, -0.2) is 29.5 Å². The highest BCUT2D eigenvalue weighted by Crippen LogP contribution is 2.29. The summed E-state index contributed by atoms with van der Waals surface area (Å²) in [6, 6.07) is 4.40. The lowest BCUT2D eigenvalue weighted by Crippen LogP contribution is -2.35. The second-order valence-corrected chi connectivity index (χ2v) is 6.19. The summed E-state index contributed by atoms with van der Waals surface area (Å²) in [6.45, 7) is 0.606. The van der Waals surface area contributed by atoms with Crippen molar-refractivity contribution < 1.29 is 9.31 Å². The van der Waals surface area contributed by atoms with Gasteiger partial charge in [-0.15, -0.1) is 11.6 Å². The number of alkyl halides is 1. The topological polar surface area (TPSA) is 46.4 Å². The zero-order valence-corrected chi connectivity index (χ0v) is 12.9. The van der Waals surface area contributed by atoms with Crippen molar-refractivity contribution in [1.82, 2.24) is 4.90 Å². The Morgan fingerprint density at radius 1 is 1.43 bits per heavy atom. The number of likely N-dealkylation sites (N-methyl/N-ethyl adjacent to an activating group) is 1. The summed E-state index contributed by atoms with van der Waals surface area (Å²) >= 11 is 6.36. The molecule has 0 spiro atoms. The first-order valence-corrected chi connectivity index (χ1v) is 7.71. The highest BCUT2D eigenvalue weighted by molar-refractivity contribution is 6.21. The number of nitro benzene ring substituents is 1. The molecule has 1 aromatic rings. The van der Waals surface area contributed by atoms with Crippen molar-refractivity contribution in [1.29, 1.82) is 0 Å². The molecule has 1 saturated carbocycles. The van der Waals surface area contributed by atoms with Crippen LogP contribution in [-0.2, 0) is 0 Å². The van der Waals surface area contributed by atoms with E-state index in [0.29, 0.717) is 18.2 Å². The molecule has 0 saturated heterocycles. The molecule has 21 heavy (non-hydrogen) atoms. The maximum Gasteiger partial charge on any atom is 0.305 e. The van der Waals surface area contributed by atoms with Gasteiger partial charge in [0.1, 0.15) is 0 Å². The van der Waals surface area contributed by atoms with Gasteiger partial charge in [0.05, 0.1) is 10.3 Å². The molecule has 6 heteroatoms. The van der Waals surface area contributed by atoms with E-state index >= 15 is 0 Å². The molecule has 0 N–H and O–H groups in total. The molecule has 0 aromatic heterocycles. The van der Waals surface area contributed by atoms with Gasteiger partial charge in [0, 0.05) is 18.7 Å². The molecule has 2 rings (SSSR count). The molecule has 0 radical (unpaired) electrons. The molecule has 1 aliphatic carbocycles. The van der Waals surface area contributed by atoms with Gasteiger partial charge in [-0.05, 0) is 31.5 Å². The predicted molar refractivity (Wildman–Crippen MR) is 81.2 cm³/mol. The number of benzene rings is 1. The second kappa shape index (κ2) is 7.18. The van der Waals surface area contributed by atoms with Crippen LogP contribution in [0.5, 0.6) is 0 Å². The molecular weight excluding hydrogens is 295 g/mol. The molecule has 4 nitrogen and oxygen atoms in total. The smallest absolute Gasteiger partial charge is 0.302 e. The van der Waals surface area contributed by atoms with Crippen molar-refractivity contribution in [3.05, 3.63) is 39.7 Å². The SMILES string of the molecule is CN(CC(Cl)c1ccc(F)c([N+](=O)[O-])c1)C1CCCCC1. The van der Waals surface area contributed by atoms with Crippen molar-refractivity contribution in [2.75, 3.05) is 13.6 Å². The molecule has 1 fully saturated rings. The Bertz CT molecular complexity index is 506. The molecule has 0 aliphatic heterocycles. The Kier molecular flexibility index (Phi) is 5.53. The third-order valence-electron chi connectivity index (χ3n) is 4.17. The molecule has 0 amide bonds. The first-order chi connectivity index (χ1) is 9.99. The van der Waals surface area contributed by atoms with Crippen LogP contribution < -0.4 is 0 Å². The van der Waals surface area contributed by atoms with Crippen molar-refractivity contribution in [2.45, 2.75) is 43.5 Å². The van der Waals surface area contributed by atoms with Crippen LogP contribution in [0.3, 0.4) is 0 Å². The predicted octanol–water partition coefficient (Wildman–Crippen LogP) is 4.28. The van der Waals surface area contributed by atoms with E-state index in [9.17, 15) is 14.5 Å². The monoisotopic (exact) mass is 314 g/mol. The summed E-state index contributed by atoms with van der Waals surface area (Å²) in [4.78, 5) is 12.3. The second-order valence-electron chi connectivity index (χ2n) is 5.67. The van der Waals surface area contributed by atoms with E-state index in [4.69, 9.17) is 11.6 Å². The normalized spacial score (nSPS) is 17.9. The number of hydrogen-bond donors (Lipinski definition) is 0.